The van der Waals surface area contributed by atoms with Crippen LogP contribution in [0.2, 0.25) is 0 Å². The first-order valence-corrected chi connectivity index (χ1v) is 7.04. The van der Waals surface area contributed by atoms with Gasteiger partial charge in [0.2, 0.25) is 0 Å². The van der Waals surface area contributed by atoms with Crippen molar-refractivity contribution in [1.82, 2.24) is 9.88 Å². The third-order valence-corrected chi connectivity index (χ3v) is 3.54. The van der Waals surface area contributed by atoms with Gasteiger partial charge in [0.15, 0.2) is 0 Å². The van der Waals surface area contributed by atoms with Crippen LogP contribution in [-0.4, -0.2) is 46.6 Å². The van der Waals surface area contributed by atoms with Crippen LogP contribution in [0, 0.1) is 0 Å². The average molecular weight is 278 g/mol. The molecule has 1 aromatic heterocycles. The second kappa shape index (κ2) is 6.56. The molecule has 4 N–H and O–H groups in total. The van der Waals surface area contributed by atoms with E-state index < -0.39 is 5.97 Å². The first-order chi connectivity index (χ1) is 9.56. The van der Waals surface area contributed by atoms with E-state index >= 15 is 0 Å². The maximum Gasteiger partial charge on any atom is 0.337 e. The monoisotopic (exact) mass is 278 g/mol. The molecular formula is C14H22N4O2. The zero-order valence-corrected chi connectivity index (χ0v) is 11.8. The minimum absolute atomic E-state index is 0.0904. The van der Waals surface area contributed by atoms with E-state index in [-0.39, 0.29) is 17.3 Å². The fourth-order valence-corrected chi connectivity index (χ4v) is 2.56. The van der Waals surface area contributed by atoms with Crippen LogP contribution >= 0.6 is 0 Å². The zero-order chi connectivity index (χ0) is 14.5. The summed E-state index contributed by atoms with van der Waals surface area (Å²) in [5.41, 5.74) is 5.87. The molecule has 0 spiro atoms. The van der Waals surface area contributed by atoms with E-state index in [2.05, 4.69) is 22.1 Å². The number of carbonyl (C=O) groups is 1. The smallest absolute Gasteiger partial charge is 0.337 e. The molecule has 6 nitrogen and oxygen atoms in total. The van der Waals surface area contributed by atoms with Crippen LogP contribution in [0.3, 0.4) is 0 Å². The van der Waals surface area contributed by atoms with Crippen molar-refractivity contribution in [3.8, 4) is 0 Å². The summed E-state index contributed by atoms with van der Waals surface area (Å²) in [5.74, 6) is -0.474. The first kappa shape index (κ1) is 14.6. The van der Waals surface area contributed by atoms with Crippen molar-refractivity contribution in [3.05, 3.63) is 17.8 Å². The number of nitrogens with zero attached hydrogens (tertiary/aromatic N) is 2. The molecule has 0 bridgehead atoms. The molecule has 0 amide bonds. The minimum atomic E-state index is -1.03. The molecule has 1 atom stereocenters. The highest BCUT2D eigenvalue weighted by Gasteiger charge is 2.15. The fraction of sp³-hybridized carbons (Fsp3) is 0.571. The van der Waals surface area contributed by atoms with Gasteiger partial charge in [-0.25, -0.2) is 9.78 Å². The van der Waals surface area contributed by atoms with Crippen molar-refractivity contribution in [1.29, 1.82) is 0 Å². The quantitative estimate of drug-likeness (QED) is 0.758. The van der Waals surface area contributed by atoms with Gasteiger partial charge in [0.05, 0.1) is 17.4 Å². The Morgan fingerprint density at radius 2 is 2.20 bits per heavy atom. The molecule has 1 aliphatic heterocycles. The Kier molecular flexibility index (Phi) is 4.79. The fourth-order valence-electron chi connectivity index (χ4n) is 2.56. The van der Waals surface area contributed by atoms with Gasteiger partial charge in [0, 0.05) is 12.6 Å². The molecule has 0 radical (unpaired) electrons. The van der Waals surface area contributed by atoms with E-state index in [1.807, 2.05) is 0 Å². The number of nitrogen functional groups attached to an aromatic ring is 1. The predicted octanol–water partition coefficient (Wildman–Crippen LogP) is 1.65. The van der Waals surface area contributed by atoms with Crippen LogP contribution in [0.4, 0.5) is 11.5 Å². The number of anilines is 2. The first-order valence-electron chi connectivity index (χ1n) is 7.04. The van der Waals surface area contributed by atoms with E-state index in [9.17, 15) is 4.79 Å². The predicted molar refractivity (Wildman–Crippen MR) is 79.0 cm³/mol. The second-order valence-corrected chi connectivity index (χ2v) is 5.37. The molecule has 1 aromatic rings. The van der Waals surface area contributed by atoms with Crippen LogP contribution < -0.4 is 11.1 Å². The van der Waals surface area contributed by atoms with Crippen LogP contribution in [0.15, 0.2) is 12.3 Å². The van der Waals surface area contributed by atoms with E-state index in [1.165, 1.54) is 31.5 Å². The van der Waals surface area contributed by atoms with Crippen molar-refractivity contribution in [2.24, 2.45) is 0 Å². The molecule has 1 saturated heterocycles. The Morgan fingerprint density at radius 1 is 1.50 bits per heavy atom. The third-order valence-electron chi connectivity index (χ3n) is 3.54. The number of hydrogen-bond acceptors (Lipinski definition) is 5. The molecular weight excluding hydrogens is 256 g/mol. The minimum Gasteiger partial charge on any atom is -0.478 e. The van der Waals surface area contributed by atoms with Crippen molar-refractivity contribution in [2.75, 3.05) is 30.7 Å². The number of piperidine rings is 1. The van der Waals surface area contributed by atoms with E-state index in [0.29, 0.717) is 5.82 Å². The van der Waals surface area contributed by atoms with Gasteiger partial charge in [-0.1, -0.05) is 6.42 Å². The lowest BCUT2D eigenvalue weighted by Gasteiger charge is -2.29. The number of pyridine rings is 1. The standard InChI is InChI=1S/C14H22N4O2/c1-10(9-18-5-3-2-4-6-18)17-13-7-11(14(19)20)12(15)8-16-13/h7-8,10H,2-6,9,15H2,1H3,(H,16,17)(H,19,20). The van der Waals surface area contributed by atoms with Crippen LogP contribution in [0.1, 0.15) is 36.5 Å². The van der Waals surface area contributed by atoms with E-state index in [4.69, 9.17) is 10.8 Å². The lowest BCUT2D eigenvalue weighted by Crippen LogP contribution is -2.38. The number of carboxylic acids is 1. The molecule has 2 rings (SSSR count). The molecule has 0 aliphatic carbocycles. The summed E-state index contributed by atoms with van der Waals surface area (Å²) in [4.78, 5) is 17.6. The summed E-state index contributed by atoms with van der Waals surface area (Å²) in [6.45, 7) is 5.30. The Balaban J connectivity index is 1.95. The molecule has 1 fully saturated rings. The van der Waals surface area contributed by atoms with Gasteiger partial charge >= 0.3 is 5.97 Å². The summed E-state index contributed by atoms with van der Waals surface area (Å²) < 4.78 is 0. The lowest BCUT2D eigenvalue weighted by molar-refractivity contribution is 0.0698. The van der Waals surface area contributed by atoms with Gasteiger partial charge in [-0.05, 0) is 38.9 Å². The molecule has 0 aromatic carbocycles. The van der Waals surface area contributed by atoms with Gasteiger partial charge in [-0.3, -0.25) is 0 Å². The SMILES string of the molecule is CC(CN1CCCCC1)Nc1cc(C(=O)O)c(N)cn1. The van der Waals surface area contributed by atoms with Crippen LogP contribution in [0.5, 0.6) is 0 Å². The van der Waals surface area contributed by atoms with Crippen LogP contribution in [0.25, 0.3) is 0 Å². The molecule has 1 aliphatic rings. The molecule has 1 unspecified atom stereocenters. The summed E-state index contributed by atoms with van der Waals surface area (Å²) in [5, 5.41) is 12.3. The highest BCUT2D eigenvalue weighted by atomic mass is 16.4. The van der Waals surface area contributed by atoms with Crippen molar-refractivity contribution >= 4 is 17.5 Å². The molecule has 6 heteroatoms. The Hall–Kier alpha value is -1.82. The highest BCUT2D eigenvalue weighted by Crippen LogP contribution is 2.16. The van der Waals surface area contributed by atoms with Crippen molar-refractivity contribution < 1.29 is 9.90 Å². The van der Waals surface area contributed by atoms with E-state index in [0.717, 1.165) is 19.6 Å². The van der Waals surface area contributed by atoms with Crippen LogP contribution in [-0.2, 0) is 0 Å². The molecule has 0 saturated carbocycles. The number of aromatic carboxylic acids is 1. The highest BCUT2D eigenvalue weighted by molar-refractivity contribution is 5.94. The number of carboxylic acid groups (broad SMARTS) is 1. The van der Waals surface area contributed by atoms with Crippen molar-refractivity contribution in [3.63, 3.8) is 0 Å². The summed E-state index contributed by atoms with van der Waals surface area (Å²) >= 11 is 0. The van der Waals surface area contributed by atoms with Gasteiger partial charge in [-0.2, -0.15) is 0 Å². The zero-order valence-electron chi connectivity index (χ0n) is 11.8. The maximum atomic E-state index is 11.0. The third kappa shape index (κ3) is 3.84. The lowest BCUT2D eigenvalue weighted by atomic mass is 10.1. The summed E-state index contributed by atoms with van der Waals surface area (Å²) in [6, 6.07) is 1.70. The summed E-state index contributed by atoms with van der Waals surface area (Å²) in [7, 11) is 0. The maximum absolute atomic E-state index is 11.0. The number of likely N-dealkylation sites (tertiary alicyclic amines) is 1. The van der Waals surface area contributed by atoms with Gasteiger partial charge in [0.1, 0.15) is 5.82 Å². The van der Waals surface area contributed by atoms with Gasteiger partial charge in [-0.15, -0.1) is 0 Å². The molecule has 110 valence electrons. The molecule has 2 heterocycles. The van der Waals surface area contributed by atoms with Gasteiger partial charge in [0.25, 0.3) is 0 Å². The Bertz CT molecular complexity index is 472. The number of hydrogen-bond donors (Lipinski definition) is 3. The summed E-state index contributed by atoms with van der Waals surface area (Å²) in [6.07, 6.45) is 5.23. The molecule has 20 heavy (non-hydrogen) atoms. The number of aromatic nitrogens is 1. The topological polar surface area (TPSA) is 91.5 Å². The Morgan fingerprint density at radius 3 is 2.85 bits per heavy atom. The van der Waals surface area contributed by atoms with E-state index in [1.54, 1.807) is 0 Å². The largest absolute Gasteiger partial charge is 0.478 e. The number of nitrogens with two attached hydrogens (primary N) is 1. The van der Waals surface area contributed by atoms with Crippen molar-refractivity contribution in [2.45, 2.75) is 32.2 Å². The average Bonchev–Trinajstić information content (AvgIpc) is 2.41. The van der Waals surface area contributed by atoms with Gasteiger partial charge < -0.3 is 21.1 Å². The number of rotatable bonds is 5. The normalized spacial score (nSPS) is 17.6. The number of nitrogens with one attached hydrogen (secondary N) is 1. The Labute approximate surface area is 119 Å². The second-order valence-electron chi connectivity index (χ2n) is 5.37.